The van der Waals surface area contributed by atoms with E-state index in [4.69, 9.17) is 21.6 Å². The van der Waals surface area contributed by atoms with Crippen molar-refractivity contribution in [2.24, 2.45) is 9.98 Å². The number of benzene rings is 7. The van der Waals surface area contributed by atoms with Crippen LogP contribution in [0.2, 0.25) is 0 Å². The zero-order valence-electron chi connectivity index (χ0n) is 34.5. The number of rotatable bonds is 6. The first-order valence-corrected chi connectivity index (χ1v) is 23.0. The highest BCUT2D eigenvalue weighted by atomic mass is 35.5. The molecule has 0 spiro atoms. The topological polar surface area (TPSA) is 32.9 Å². The lowest BCUT2D eigenvalue weighted by atomic mass is 9.94. The second-order valence-electron chi connectivity index (χ2n) is 15.0. The van der Waals surface area contributed by atoms with E-state index in [0.29, 0.717) is 0 Å². The predicted molar refractivity (Wildman–Crippen MR) is 270 cm³/mol. The number of thioether (sulfide) groups is 1. The van der Waals surface area contributed by atoms with Crippen LogP contribution in [-0.2, 0) is 0 Å². The Morgan fingerprint density at radius 2 is 1.46 bits per heavy atom. The Balaban J connectivity index is 0.00000220. The van der Waals surface area contributed by atoms with Gasteiger partial charge >= 0.3 is 0 Å². The maximum atomic E-state index is 6.35. The molecule has 298 valence electrons. The fourth-order valence-electron chi connectivity index (χ4n) is 9.31. The summed E-state index contributed by atoms with van der Waals surface area (Å²) in [5.41, 5.74) is 11.5. The summed E-state index contributed by atoms with van der Waals surface area (Å²) in [4.78, 5) is 13.3. The van der Waals surface area contributed by atoms with Gasteiger partial charge in [0.1, 0.15) is 16.9 Å². The van der Waals surface area contributed by atoms with Crippen molar-refractivity contribution < 1.29 is 0 Å². The van der Waals surface area contributed by atoms with Gasteiger partial charge in [-0.3, -0.25) is 9.56 Å². The first kappa shape index (κ1) is 39.0. The fourth-order valence-corrected chi connectivity index (χ4v) is 11.8. The van der Waals surface area contributed by atoms with Crippen molar-refractivity contribution in [2.75, 3.05) is 10.9 Å². The minimum atomic E-state index is 0.154. The Morgan fingerprint density at radius 1 is 0.770 bits per heavy atom. The molecule has 0 bridgehead atoms. The molecule has 0 fully saturated rings. The highest BCUT2D eigenvalue weighted by Gasteiger charge is 2.33. The third kappa shape index (κ3) is 6.11. The Labute approximate surface area is 369 Å². The number of aromatic nitrogens is 1. The Morgan fingerprint density at radius 3 is 2.23 bits per heavy atom. The van der Waals surface area contributed by atoms with Crippen molar-refractivity contribution in [3.63, 3.8) is 0 Å². The molecule has 1 unspecified atom stereocenters. The van der Waals surface area contributed by atoms with Crippen molar-refractivity contribution >= 4 is 122 Å². The van der Waals surface area contributed by atoms with Crippen LogP contribution >= 0.6 is 34.7 Å². The van der Waals surface area contributed by atoms with Crippen molar-refractivity contribution in [3.8, 4) is 11.1 Å². The summed E-state index contributed by atoms with van der Waals surface area (Å²) in [6, 6.07) is 50.8. The van der Waals surface area contributed by atoms with Crippen LogP contribution in [0, 0.1) is 0 Å². The molecule has 0 saturated heterocycles. The zero-order valence-corrected chi connectivity index (χ0v) is 36.9. The summed E-state index contributed by atoms with van der Waals surface area (Å²) in [6.45, 7) is 12.6. The van der Waals surface area contributed by atoms with Crippen LogP contribution in [0.25, 0.3) is 75.3 Å². The number of halogens is 1. The fraction of sp³-hybridized carbons (Fsp3) is 0.111. The van der Waals surface area contributed by atoms with Gasteiger partial charge in [0.2, 0.25) is 0 Å². The van der Waals surface area contributed by atoms with Crippen molar-refractivity contribution in [1.29, 1.82) is 0 Å². The highest BCUT2D eigenvalue weighted by molar-refractivity contribution is 8.15. The lowest BCUT2D eigenvalue weighted by molar-refractivity contribution is 0.921. The molecule has 2 aliphatic rings. The molecule has 0 amide bonds. The number of aliphatic imine (C=N–C) groups is 2. The summed E-state index contributed by atoms with van der Waals surface area (Å²) in [7, 11) is 0. The summed E-state index contributed by atoms with van der Waals surface area (Å²) in [5.74, 6) is 0.960. The van der Waals surface area contributed by atoms with Gasteiger partial charge in [0, 0.05) is 59.7 Å². The van der Waals surface area contributed by atoms with E-state index in [2.05, 4.69) is 188 Å². The second-order valence-corrected chi connectivity index (χ2v) is 17.3. The quantitative estimate of drug-likeness (QED) is 0.0949. The summed E-state index contributed by atoms with van der Waals surface area (Å²) >= 11 is 9.83. The van der Waals surface area contributed by atoms with Gasteiger partial charge in [-0.2, -0.15) is 0 Å². The van der Waals surface area contributed by atoms with E-state index in [9.17, 15) is 0 Å². The Bertz CT molecular complexity index is 3350. The SMILES string of the molecule is C=N/C(=C1\C(=N/CCl)Sc2ccccc21)n1c2ccc(-c3ccc4c(c3)C(C)/C(=C\C=C/C)N4c3ccccc3)cc2c2c3ccccc3c3c4ccccc4sc3c21.CC. The average molecular weight is 848 g/mol. The third-order valence-electron chi connectivity index (χ3n) is 11.9. The first-order chi connectivity index (χ1) is 30.1. The molecule has 2 aliphatic heterocycles. The number of para-hydroxylation sites is 1. The molecule has 7 aromatic carbocycles. The largest absolute Gasteiger partial charge is 0.313 e. The van der Waals surface area contributed by atoms with E-state index in [-0.39, 0.29) is 11.9 Å². The maximum Gasteiger partial charge on any atom is 0.147 e. The molecule has 0 radical (unpaired) electrons. The van der Waals surface area contributed by atoms with Gasteiger partial charge in [0.25, 0.3) is 0 Å². The number of alkyl halides is 1. The number of anilines is 2. The van der Waals surface area contributed by atoms with Gasteiger partial charge in [0.05, 0.1) is 21.3 Å². The van der Waals surface area contributed by atoms with Crippen molar-refractivity contribution in [1.82, 2.24) is 4.57 Å². The van der Waals surface area contributed by atoms with Gasteiger partial charge in [-0.05, 0) is 95.7 Å². The van der Waals surface area contributed by atoms with Gasteiger partial charge in [-0.1, -0.05) is 136 Å². The molecule has 1 atom stereocenters. The lowest BCUT2D eigenvalue weighted by Gasteiger charge is -2.22. The van der Waals surface area contributed by atoms with Crippen molar-refractivity contribution in [3.05, 3.63) is 175 Å². The maximum absolute atomic E-state index is 6.35. The van der Waals surface area contributed by atoms with Crippen LogP contribution < -0.4 is 4.90 Å². The molecule has 2 aromatic heterocycles. The normalized spacial score (nSPS) is 17.0. The van der Waals surface area contributed by atoms with E-state index in [0.717, 1.165) is 48.9 Å². The van der Waals surface area contributed by atoms with Gasteiger partial charge < -0.3 is 4.90 Å². The van der Waals surface area contributed by atoms with Crippen molar-refractivity contribution in [2.45, 2.75) is 38.5 Å². The lowest BCUT2D eigenvalue weighted by Crippen LogP contribution is -2.12. The highest BCUT2D eigenvalue weighted by Crippen LogP contribution is 2.52. The number of thiophene rings is 1. The molecular formula is C54H43ClN4S2. The number of hydrogen-bond acceptors (Lipinski definition) is 5. The first-order valence-electron chi connectivity index (χ1n) is 20.8. The molecule has 4 heterocycles. The van der Waals surface area contributed by atoms with E-state index in [1.807, 2.05) is 25.2 Å². The van der Waals surface area contributed by atoms with Gasteiger partial charge in [0.15, 0.2) is 0 Å². The zero-order chi connectivity index (χ0) is 41.8. The third-order valence-corrected chi connectivity index (χ3v) is 14.3. The van der Waals surface area contributed by atoms with Crippen LogP contribution in [0.5, 0.6) is 0 Å². The van der Waals surface area contributed by atoms with Crippen LogP contribution in [-0.4, -0.2) is 22.3 Å². The molecule has 11 rings (SSSR count). The summed E-state index contributed by atoms with van der Waals surface area (Å²) in [6.07, 6.45) is 6.49. The summed E-state index contributed by atoms with van der Waals surface area (Å²) in [5, 5.41) is 8.20. The average Bonchev–Trinajstić information content (AvgIpc) is 4.05. The van der Waals surface area contributed by atoms with Crippen LogP contribution in [0.1, 0.15) is 44.7 Å². The van der Waals surface area contributed by atoms with Crippen LogP contribution in [0.15, 0.2) is 178 Å². The molecule has 9 aromatic rings. The van der Waals surface area contributed by atoms with E-state index in [1.54, 1.807) is 11.8 Å². The van der Waals surface area contributed by atoms with Crippen LogP contribution in [0.3, 0.4) is 0 Å². The molecule has 7 heteroatoms. The molecule has 0 aliphatic carbocycles. The molecule has 0 N–H and O–H groups in total. The Hall–Kier alpha value is -6.18. The van der Waals surface area contributed by atoms with Gasteiger partial charge in [-0.25, -0.2) is 4.99 Å². The van der Waals surface area contributed by atoms with Gasteiger partial charge in [-0.15, -0.1) is 22.9 Å². The van der Waals surface area contributed by atoms with E-state index < -0.39 is 0 Å². The minimum Gasteiger partial charge on any atom is -0.313 e. The number of fused-ring (bicyclic) bond motifs is 12. The monoisotopic (exact) mass is 846 g/mol. The summed E-state index contributed by atoms with van der Waals surface area (Å²) < 4.78 is 4.83. The van der Waals surface area contributed by atoms with Crippen LogP contribution in [0.4, 0.5) is 11.4 Å². The predicted octanol–water partition coefficient (Wildman–Crippen LogP) is 16.5. The standard InChI is InChI=1S/C52H37ClN4S2.C2H6/c1-4-5-21-41-31(2)39-28-32(24-26-42(39)56(41)34-15-7-6-8-16-34)33-25-27-43-40(29-33)46-35-17-9-10-18-36(35)47-37-19-11-13-22-44(37)58-50(47)49(46)57(43)51(54-3)48-38-20-12-14-23-45(38)59-52(48)55-30-53;1-2/h4-29,31H,3,30H2,1-2H3;1-2H3/b5-4-,41-21+,51-48+,55-52+;. The minimum absolute atomic E-state index is 0.154. The number of nitrogens with zero attached hydrogens (tertiary/aromatic N) is 4. The molecular weight excluding hydrogens is 804 g/mol. The second kappa shape index (κ2) is 16.0. The Kier molecular flexibility index (Phi) is 10.2. The molecule has 61 heavy (non-hydrogen) atoms. The van der Waals surface area contributed by atoms with E-state index >= 15 is 0 Å². The molecule has 4 nitrogen and oxygen atoms in total. The molecule has 0 saturated carbocycles. The smallest absolute Gasteiger partial charge is 0.147 e. The van der Waals surface area contributed by atoms with E-state index in [1.165, 1.54) is 64.5 Å². The number of allylic oxidation sites excluding steroid dienone is 4. The number of hydrogen-bond donors (Lipinski definition) is 0.